The zero-order chi connectivity index (χ0) is 12.5. The second kappa shape index (κ2) is 4.27. The molecule has 0 amide bonds. The summed E-state index contributed by atoms with van der Waals surface area (Å²) in [5.41, 5.74) is 10.5. The van der Waals surface area contributed by atoms with Crippen LogP contribution in [0.5, 0.6) is 0 Å². The number of hydrogen-bond donors (Lipinski definition) is 1. The summed E-state index contributed by atoms with van der Waals surface area (Å²) in [5.74, 6) is 0.890. The first-order valence-electron chi connectivity index (χ1n) is 6.01. The molecule has 90 valence electrons. The lowest BCUT2D eigenvalue weighted by Gasteiger charge is -2.06. The van der Waals surface area contributed by atoms with Crippen molar-refractivity contribution in [2.24, 2.45) is 5.73 Å². The molecule has 2 N–H and O–H groups in total. The van der Waals surface area contributed by atoms with Gasteiger partial charge in [-0.2, -0.15) is 0 Å². The molecule has 2 heterocycles. The number of fused-ring (bicyclic) bond motifs is 1. The molecule has 3 aromatic rings. The Morgan fingerprint density at radius 2 is 2.06 bits per heavy atom. The van der Waals surface area contributed by atoms with Crippen molar-refractivity contribution in [2.75, 3.05) is 0 Å². The molecule has 0 atom stereocenters. The zero-order valence-electron chi connectivity index (χ0n) is 10.3. The minimum atomic E-state index is 0.456. The summed E-state index contributed by atoms with van der Waals surface area (Å²) in [7, 11) is 0. The minimum Gasteiger partial charge on any atom is -0.324 e. The summed E-state index contributed by atoms with van der Waals surface area (Å²) < 4.78 is 2.03. The largest absolute Gasteiger partial charge is 0.324 e. The number of aryl methyl sites for hydroxylation is 1. The van der Waals surface area contributed by atoms with Crippen LogP contribution in [0.15, 0.2) is 48.8 Å². The van der Waals surface area contributed by atoms with E-state index in [0.29, 0.717) is 6.54 Å². The van der Waals surface area contributed by atoms with Crippen LogP contribution in [0.2, 0.25) is 0 Å². The van der Waals surface area contributed by atoms with Crippen molar-refractivity contribution in [1.82, 2.24) is 9.38 Å². The van der Waals surface area contributed by atoms with Crippen molar-refractivity contribution in [3.63, 3.8) is 0 Å². The lowest BCUT2D eigenvalue weighted by atomic mass is 10.0. The topological polar surface area (TPSA) is 43.3 Å². The van der Waals surface area contributed by atoms with Crippen LogP contribution in [0.4, 0.5) is 0 Å². The van der Waals surface area contributed by atoms with Crippen LogP contribution in [-0.4, -0.2) is 9.38 Å². The molecule has 0 aliphatic carbocycles. The van der Waals surface area contributed by atoms with Gasteiger partial charge in [-0.3, -0.25) is 0 Å². The molecule has 3 nitrogen and oxygen atoms in total. The quantitative estimate of drug-likeness (QED) is 0.744. The average Bonchev–Trinajstić information content (AvgIpc) is 2.81. The van der Waals surface area contributed by atoms with Gasteiger partial charge in [0.25, 0.3) is 0 Å². The average molecular weight is 237 g/mol. The van der Waals surface area contributed by atoms with Crippen molar-refractivity contribution in [3.8, 4) is 11.1 Å². The smallest absolute Gasteiger partial charge is 0.127 e. The summed E-state index contributed by atoms with van der Waals surface area (Å²) in [4.78, 5) is 4.31. The number of benzene rings is 1. The molecule has 0 spiro atoms. The molecule has 0 unspecified atom stereocenters. The number of nitrogens with zero attached hydrogens (tertiary/aromatic N) is 2. The van der Waals surface area contributed by atoms with E-state index in [4.69, 9.17) is 5.73 Å². The normalized spacial score (nSPS) is 11.0. The van der Waals surface area contributed by atoms with E-state index in [1.165, 1.54) is 16.7 Å². The van der Waals surface area contributed by atoms with E-state index in [1.807, 2.05) is 16.8 Å². The van der Waals surface area contributed by atoms with E-state index in [0.717, 1.165) is 11.3 Å². The maximum Gasteiger partial charge on any atom is 0.127 e. The fourth-order valence-corrected chi connectivity index (χ4v) is 2.27. The van der Waals surface area contributed by atoms with Crippen molar-refractivity contribution < 1.29 is 0 Å². The minimum absolute atomic E-state index is 0.456. The van der Waals surface area contributed by atoms with Gasteiger partial charge in [0.15, 0.2) is 0 Å². The summed E-state index contributed by atoms with van der Waals surface area (Å²) in [6.07, 6.45) is 3.90. The van der Waals surface area contributed by atoms with Gasteiger partial charge in [-0.25, -0.2) is 4.98 Å². The Morgan fingerprint density at radius 3 is 2.83 bits per heavy atom. The number of imidazole rings is 1. The number of hydrogen-bond acceptors (Lipinski definition) is 2. The van der Waals surface area contributed by atoms with Gasteiger partial charge < -0.3 is 10.1 Å². The molecule has 2 aromatic heterocycles. The second-order valence-corrected chi connectivity index (χ2v) is 4.40. The lowest BCUT2D eigenvalue weighted by molar-refractivity contribution is 0.904. The van der Waals surface area contributed by atoms with Crippen LogP contribution in [-0.2, 0) is 6.54 Å². The monoisotopic (exact) mass is 237 g/mol. The van der Waals surface area contributed by atoms with Crippen LogP contribution in [0.3, 0.4) is 0 Å². The van der Waals surface area contributed by atoms with Gasteiger partial charge in [0.05, 0.1) is 18.3 Å². The van der Waals surface area contributed by atoms with Gasteiger partial charge in [0.1, 0.15) is 5.82 Å². The van der Waals surface area contributed by atoms with Crippen LogP contribution in [0.25, 0.3) is 16.6 Å². The second-order valence-electron chi connectivity index (χ2n) is 4.40. The number of pyridine rings is 1. The Morgan fingerprint density at radius 1 is 1.22 bits per heavy atom. The third kappa shape index (κ3) is 1.69. The van der Waals surface area contributed by atoms with Crippen molar-refractivity contribution in [1.29, 1.82) is 0 Å². The van der Waals surface area contributed by atoms with Crippen LogP contribution < -0.4 is 5.73 Å². The Hall–Kier alpha value is -2.13. The molecule has 18 heavy (non-hydrogen) atoms. The van der Waals surface area contributed by atoms with Gasteiger partial charge in [-0.1, -0.05) is 24.3 Å². The number of rotatable bonds is 2. The maximum atomic E-state index is 5.65. The highest BCUT2D eigenvalue weighted by Crippen LogP contribution is 2.24. The lowest BCUT2D eigenvalue weighted by Crippen LogP contribution is -2.02. The molecule has 3 heteroatoms. The van der Waals surface area contributed by atoms with Gasteiger partial charge >= 0.3 is 0 Å². The fraction of sp³-hybridized carbons (Fsp3) is 0.133. The fourth-order valence-electron chi connectivity index (χ4n) is 2.27. The molecule has 0 saturated carbocycles. The molecule has 0 aliphatic rings. The summed E-state index contributed by atoms with van der Waals surface area (Å²) in [6.45, 7) is 2.58. The Bertz CT molecular complexity index is 698. The van der Waals surface area contributed by atoms with Gasteiger partial charge in [0, 0.05) is 6.20 Å². The molecule has 1 aromatic carbocycles. The first kappa shape index (κ1) is 11.0. The van der Waals surface area contributed by atoms with E-state index in [-0.39, 0.29) is 0 Å². The molecule has 0 fully saturated rings. The predicted octanol–water partition coefficient (Wildman–Crippen LogP) is 2.77. The SMILES string of the molecule is Cc1ccccc1-c1ccn2c(CN)ncc2c1. The highest BCUT2D eigenvalue weighted by atomic mass is 15.0. The molecular formula is C15H15N3. The molecule has 0 bridgehead atoms. The molecule has 0 aliphatic heterocycles. The van der Waals surface area contributed by atoms with E-state index in [9.17, 15) is 0 Å². The van der Waals surface area contributed by atoms with E-state index in [2.05, 4.69) is 48.3 Å². The maximum absolute atomic E-state index is 5.65. The Labute approximate surface area is 106 Å². The molecule has 0 radical (unpaired) electrons. The molecular weight excluding hydrogens is 222 g/mol. The third-order valence-electron chi connectivity index (χ3n) is 3.25. The Kier molecular flexibility index (Phi) is 2.61. The predicted molar refractivity (Wildman–Crippen MR) is 73.3 cm³/mol. The molecule has 0 saturated heterocycles. The highest BCUT2D eigenvalue weighted by molar-refractivity contribution is 5.71. The third-order valence-corrected chi connectivity index (χ3v) is 3.25. The van der Waals surface area contributed by atoms with Gasteiger partial charge in [-0.05, 0) is 35.7 Å². The highest BCUT2D eigenvalue weighted by Gasteiger charge is 2.05. The first-order chi connectivity index (χ1) is 8.79. The van der Waals surface area contributed by atoms with E-state index in [1.54, 1.807) is 0 Å². The van der Waals surface area contributed by atoms with Crippen LogP contribution >= 0.6 is 0 Å². The van der Waals surface area contributed by atoms with Crippen molar-refractivity contribution >= 4 is 5.52 Å². The number of aromatic nitrogens is 2. The van der Waals surface area contributed by atoms with E-state index < -0.39 is 0 Å². The van der Waals surface area contributed by atoms with Crippen molar-refractivity contribution in [2.45, 2.75) is 13.5 Å². The Balaban J connectivity index is 2.17. The van der Waals surface area contributed by atoms with Gasteiger partial charge in [-0.15, -0.1) is 0 Å². The molecule has 3 rings (SSSR count). The van der Waals surface area contributed by atoms with Crippen molar-refractivity contribution in [3.05, 3.63) is 60.2 Å². The first-order valence-corrected chi connectivity index (χ1v) is 6.01. The van der Waals surface area contributed by atoms with E-state index >= 15 is 0 Å². The number of nitrogens with two attached hydrogens (primary N) is 1. The summed E-state index contributed by atoms with van der Waals surface area (Å²) in [6, 6.07) is 12.6. The van der Waals surface area contributed by atoms with Crippen LogP contribution in [0.1, 0.15) is 11.4 Å². The summed E-state index contributed by atoms with van der Waals surface area (Å²) in [5, 5.41) is 0. The zero-order valence-corrected chi connectivity index (χ0v) is 10.3. The van der Waals surface area contributed by atoms with Gasteiger partial charge in [0.2, 0.25) is 0 Å². The summed E-state index contributed by atoms with van der Waals surface area (Å²) >= 11 is 0. The standard InChI is InChI=1S/C15H15N3/c1-11-4-2-3-5-14(11)12-6-7-18-13(8-12)10-17-15(18)9-16/h2-8,10H,9,16H2,1H3. The van der Waals surface area contributed by atoms with Crippen LogP contribution in [0, 0.1) is 6.92 Å².